The summed E-state index contributed by atoms with van der Waals surface area (Å²) in [5.41, 5.74) is 0. The van der Waals surface area contributed by atoms with Crippen molar-refractivity contribution in [1.29, 1.82) is 0 Å². The standard InChI is InChI=1S/C14H26O/c1-3-5-7-9-11-13-14(15)12-10-8-6-4-2/h14-15H,3-9,11,13H2,1-2H3/t14-/m0/s1. The van der Waals surface area contributed by atoms with Crippen LogP contribution in [0, 0.1) is 11.8 Å². The van der Waals surface area contributed by atoms with E-state index in [4.69, 9.17) is 0 Å². The van der Waals surface area contributed by atoms with E-state index in [9.17, 15) is 5.11 Å². The van der Waals surface area contributed by atoms with Crippen molar-refractivity contribution in [1.82, 2.24) is 0 Å². The van der Waals surface area contributed by atoms with Crippen molar-refractivity contribution in [3.05, 3.63) is 0 Å². The Bertz CT molecular complexity index is 176. The average Bonchev–Trinajstić information content (AvgIpc) is 2.24. The third-order valence-corrected chi connectivity index (χ3v) is 2.51. The van der Waals surface area contributed by atoms with Gasteiger partial charge in [-0.3, -0.25) is 0 Å². The van der Waals surface area contributed by atoms with E-state index in [0.29, 0.717) is 0 Å². The number of aliphatic hydroxyl groups excluding tert-OH is 1. The summed E-state index contributed by atoms with van der Waals surface area (Å²) in [7, 11) is 0. The van der Waals surface area contributed by atoms with Gasteiger partial charge in [0.05, 0.1) is 0 Å². The maximum atomic E-state index is 9.53. The highest BCUT2D eigenvalue weighted by molar-refractivity contribution is 5.04. The molecule has 0 radical (unpaired) electrons. The molecule has 0 spiro atoms. The van der Waals surface area contributed by atoms with Gasteiger partial charge in [-0.25, -0.2) is 0 Å². The molecule has 0 rings (SSSR count). The number of unbranched alkanes of at least 4 members (excludes halogenated alkanes) is 6. The van der Waals surface area contributed by atoms with Gasteiger partial charge in [-0.2, -0.15) is 0 Å². The Kier molecular flexibility index (Phi) is 11.2. The number of rotatable bonds is 8. The summed E-state index contributed by atoms with van der Waals surface area (Å²) in [6.45, 7) is 4.37. The summed E-state index contributed by atoms with van der Waals surface area (Å²) < 4.78 is 0. The fourth-order valence-corrected chi connectivity index (χ4v) is 1.47. The Morgan fingerprint density at radius 1 is 0.933 bits per heavy atom. The summed E-state index contributed by atoms with van der Waals surface area (Å²) in [5.74, 6) is 5.95. The van der Waals surface area contributed by atoms with Gasteiger partial charge in [-0.15, -0.1) is 5.92 Å². The Labute approximate surface area is 95.3 Å². The van der Waals surface area contributed by atoms with Crippen LogP contribution in [0.25, 0.3) is 0 Å². The fraction of sp³-hybridized carbons (Fsp3) is 0.857. The second-order valence-corrected chi connectivity index (χ2v) is 4.14. The largest absolute Gasteiger partial charge is 0.380 e. The molecule has 0 aromatic heterocycles. The molecule has 0 saturated carbocycles. The minimum absolute atomic E-state index is 0.386. The van der Waals surface area contributed by atoms with Gasteiger partial charge in [0.1, 0.15) is 6.10 Å². The van der Waals surface area contributed by atoms with Crippen molar-refractivity contribution in [3.63, 3.8) is 0 Å². The average molecular weight is 210 g/mol. The third-order valence-electron chi connectivity index (χ3n) is 2.51. The van der Waals surface area contributed by atoms with Crippen LogP contribution in [0.5, 0.6) is 0 Å². The van der Waals surface area contributed by atoms with E-state index in [1.807, 2.05) is 0 Å². The van der Waals surface area contributed by atoms with Gasteiger partial charge in [0.2, 0.25) is 0 Å². The molecule has 0 aliphatic rings. The molecule has 88 valence electrons. The van der Waals surface area contributed by atoms with Crippen LogP contribution < -0.4 is 0 Å². The van der Waals surface area contributed by atoms with Gasteiger partial charge in [-0.1, -0.05) is 51.9 Å². The summed E-state index contributed by atoms with van der Waals surface area (Å²) in [5, 5.41) is 9.53. The first-order valence-corrected chi connectivity index (χ1v) is 6.47. The Morgan fingerprint density at radius 2 is 1.60 bits per heavy atom. The zero-order valence-corrected chi connectivity index (χ0v) is 10.4. The van der Waals surface area contributed by atoms with Crippen molar-refractivity contribution in [3.8, 4) is 11.8 Å². The quantitative estimate of drug-likeness (QED) is 0.476. The van der Waals surface area contributed by atoms with Crippen molar-refractivity contribution in [2.75, 3.05) is 0 Å². The maximum absolute atomic E-state index is 9.53. The molecule has 0 bridgehead atoms. The minimum atomic E-state index is -0.386. The van der Waals surface area contributed by atoms with Crippen molar-refractivity contribution in [2.45, 2.75) is 77.7 Å². The molecule has 0 heterocycles. The molecular weight excluding hydrogens is 184 g/mol. The summed E-state index contributed by atoms with van der Waals surface area (Å²) >= 11 is 0. The predicted octanol–water partition coefficient (Wildman–Crippen LogP) is 3.90. The van der Waals surface area contributed by atoms with Crippen molar-refractivity contribution >= 4 is 0 Å². The van der Waals surface area contributed by atoms with Crippen LogP contribution in [-0.2, 0) is 0 Å². The number of hydrogen-bond acceptors (Lipinski definition) is 1. The molecule has 0 amide bonds. The van der Waals surface area contributed by atoms with Crippen LogP contribution in [0.15, 0.2) is 0 Å². The number of aliphatic hydroxyl groups is 1. The molecule has 0 aliphatic heterocycles. The minimum Gasteiger partial charge on any atom is -0.380 e. The highest BCUT2D eigenvalue weighted by Crippen LogP contribution is 2.06. The van der Waals surface area contributed by atoms with Gasteiger partial charge in [0.25, 0.3) is 0 Å². The fourth-order valence-electron chi connectivity index (χ4n) is 1.47. The lowest BCUT2D eigenvalue weighted by Gasteiger charge is -2.02. The molecular formula is C14H26O. The third kappa shape index (κ3) is 11.4. The molecule has 1 heteroatoms. The van der Waals surface area contributed by atoms with E-state index in [-0.39, 0.29) is 6.10 Å². The van der Waals surface area contributed by atoms with Crippen LogP contribution in [0.4, 0.5) is 0 Å². The molecule has 0 aliphatic carbocycles. The molecule has 0 aromatic rings. The molecule has 1 N–H and O–H groups in total. The van der Waals surface area contributed by atoms with Gasteiger partial charge >= 0.3 is 0 Å². The first-order chi connectivity index (χ1) is 7.31. The molecule has 1 atom stereocenters. The molecule has 15 heavy (non-hydrogen) atoms. The van der Waals surface area contributed by atoms with Crippen LogP contribution in [0.1, 0.15) is 71.6 Å². The molecule has 0 saturated heterocycles. The summed E-state index contributed by atoms with van der Waals surface area (Å²) in [4.78, 5) is 0. The second-order valence-electron chi connectivity index (χ2n) is 4.14. The predicted molar refractivity (Wildman–Crippen MR) is 66.7 cm³/mol. The maximum Gasteiger partial charge on any atom is 0.114 e. The van der Waals surface area contributed by atoms with Crippen LogP contribution >= 0.6 is 0 Å². The monoisotopic (exact) mass is 210 g/mol. The highest BCUT2D eigenvalue weighted by atomic mass is 16.3. The highest BCUT2D eigenvalue weighted by Gasteiger charge is 1.97. The second kappa shape index (κ2) is 11.6. The SMILES string of the molecule is CCCCC#C[C@H](O)CCCCCCC. The Balaban J connectivity index is 3.30. The van der Waals surface area contributed by atoms with Gasteiger partial charge in [0.15, 0.2) is 0 Å². The lowest BCUT2D eigenvalue weighted by Crippen LogP contribution is -2.02. The topological polar surface area (TPSA) is 20.2 Å². The first-order valence-electron chi connectivity index (χ1n) is 6.47. The van der Waals surface area contributed by atoms with Crippen LogP contribution in [-0.4, -0.2) is 11.2 Å². The van der Waals surface area contributed by atoms with Crippen molar-refractivity contribution < 1.29 is 5.11 Å². The number of hydrogen-bond donors (Lipinski definition) is 1. The van der Waals surface area contributed by atoms with E-state index in [1.54, 1.807) is 0 Å². The zero-order chi connectivity index (χ0) is 11.4. The van der Waals surface area contributed by atoms with Crippen molar-refractivity contribution in [2.24, 2.45) is 0 Å². The molecule has 0 aromatic carbocycles. The van der Waals surface area contributed by atoms with Crippen LogP contribution in [0.3, 0.4) is 0 Å². The van der Waals surface area contributed by atoms with Crippen LogP contribution in [0.2, 0.25) is 0 Å². The Hall–Kier alpha value is -0.480. The summed E-state index contributed by atoms with van der Waals surface area (Å²) in [6.07, 6.45) is 9.97. The Morgan fingerprint density at radius 3 is 2.27 bits per heavy atom. The van der Waals surface area contributed by atoms with Gasteiger partial charge in [0, 0.05) is 6.42 Å². The summed E-state index contributed by atoms with van der Waals surface area (Å²) in [6, 6.07) is 0. The first kappa shape index (κ1) is 14.5. The lowest BCUT2D eigenvalue weighted by molar-refractivity contribution is 0.217. The van der Waals surface area contributed by atoms with E-state index < -0.39 is 0 Å². The smallest absolute Gasteiger partial charge is 0.114 e. The lowest BCUT2D eigenvalue weighted by atomic mass is 10.1. The molecule has 0 unspecified atom stereocenters. The molecule has 1 nitrogen and oxygen atoms in total. The zero-order valence-electron chi connectivity index (χ0n) is 10.4. The van der Waals surface area contributed by atoms with E-state index in [2.05, 4.69) is 25.7 Å². The van der Waals surface area contributed by atoms with Gasteiger partial charge < -0.3 is 5.11 Å². The van der Waals surface area contributed by atoms with E-state index in [1.165, 1.54) is 32.1 Å². The normalized spacial score (nSPS) is 11.9. The van der Waals surface area contributed by atoms with Gasteiger partial charge in [-0.05, 0) is 19.3 Å². The van der Waals surface area contributed by atoms with E-state index >= 15 is 0 Å². The molecule has 0 fully saturated rings. The van der Waals surface area contributed by atoms with E-state index in [0.717, 1.165) is 25.7 Å².